The lowest BCUT2D eigenvalue weighted by Crippen LogP contribution is -2.48. The van der Waals surface area contributed by atoms with Crippen LogP contribution in [0.2, 0.25) is 0 Å². The Morgan fingerprint density at radius 1 is 0.304 bits per heavy atom. The maximum atomic E-state index is 10.6. The predicted octanol–water partition coefficient (Wildman–Crippen LogP) is 12.1. The second-order valence-electron chi connectivity index (χ2n) is 29.4. The van der Waals surface area contributed by atoms with Gasteiger partial charge >= 0.3 is 0 Å². The molecule has 4 aromatic rings. The topological polar surface area (TPSA) is 168 Å². The molecule has 4 N–H and O–H groups in total. The molecule has 0 aliphatic carbocycles. The zero-order chi connectivity index (χ0) is 66.2. The summed E-state index contributed by atoms with van der Waals surface area (Å²) < 4.78 is 43.6. The average molecular weight is 1280 g/mol. The van der Waals surface area contributed by atoms with Crippen molar-refractivity contribution in [3.63, 3.8) is 0 Å². The molecule has 4 saturated heterocycles. The normalized spacial score (nSPS) is 27.5. The Hall–Kier alpha value is -5.04. The third-order valence-corrected chi connectivity index (χ3v) is 21.5. The van der Waals surface area contributed by atoms with Gasteiger partial charge in [-0.1, -0.05) is 55.4 Å². The maximum Gasteiger partial charge on any atom is 0.161 e. The molecule has 4 aromatic carbocycles. The first kappa shape index (κ1) is 71.3. The molecule has 12 atom stereocenters. The standard InChI is InChI=1S/4C19H29NO3/c4*1-12(2)7-14-11-20-6-5-13-8-18(22-3)19(23-4)9-15(13)16(20)10-17(14)21/h4*8-9,12,14,16-17,21H,5-7,10-11H2,1-4H3/t2*14-,16-,17+;2*14-,16-,17-/m1010/s1. The third-order valence-electron chi connectivity index (χ3n) is 21.5. The summed E-state index contributed by atoms with van der Waals surface area (Å²) in [4.78, 5) is 10.2. The zero-order valence-electron chi connectivity index (χ0n) is 58.8. The molecule has 0 saturated carbocycles. The van der Waals surface area contributed by atoms with Crippen LogP contribution in [-0.2, 0) is 25.7 Å². The van der Waals surface area contributed by atoms with Gasteiger partial charge in [0.05, 0.1) is 81.3 Å². The van der Waals surface area contributed by atoms with Crippen LogP contribution in [0.25, 0.3) is 0 Å². The summed E-state index contributed by atoms with van der Waals surface area (Å²) in [6.45, 7) is 26.1. The molecule has 512 valence electrons. The van der Waals surface area contributed by atoms with E-state index in [1.807, 2.05) is 0 Å². The Balaban J connectivity index is 0.000000145. The number of hydrogen-bond donors (Lipinski definition) is 4. The van der Waals surface area contributed by atoms with Gasteiger partial charge in [-0.25, -0.2) is 0 Å². The zero-order valence-corrected chi connectivity index (χ0v) is 58.8. The highest BCUT2D eigenvalue weighted by atomic mass is 16.5. The smallest absolute Gasteiger partial charge is 0.161 e. The van der Waals surface area contributed by atoms with Crippen LogP contribution < -0.4 is 37.9 Å². The summed E-state index contributed by atoms with van der Waals surface area (Å²) in [6, 6.07) is 18.1. The minimum atomic E-state index is -0.210. The first-order chi connectivity index (χ1) is 44.1. The summed E-state index contributed by atoms with van der Waals surface area (Å²) in [5.74, 6) is 10.4. The van der Waals surface area contributed by atoms with Gasteiger partial charge in [0, 0.05) is 76.5 Å². The fourth-order valence-corrected chi connectivity index (χ4v) is 17.0. The number of ether oxygens (including phenoxy) is 8. The lowest BCUT2D eigenvalue weighted by atomic mass is 9.79. The summed E-state index contributed by atoms with van der Waals surface area (Å²) in [5, 5.41) is 42.5. The van der Waals surface area contributed by atoms with E-state index >= 15 is 0 Å². The first-order valence-electron chi connectivity index (χ1n) is 34.8. The number of nitrogens with zero attached hydrogens (tertiary/aromatic N) is 4. The van der Waals surface area contributed by atoms with E-state index in [9.17, 15) is 20.4 Å². The first-order valence-corrected chi connectivity index (χ1v) is 34.8. The molecule has 16 heteroatoms. The van der Waals surface area contributed by atoms with Crippen molar-refractivity contribution in [2.24, 2.45) is 47.3 Å². The summed E-state index contributed by atoms with van der Waals surface area (Å²) >= 11 is 0. The van der Waals surface area contributed by atoms with Gasteiger partial charge in [-0.2, -0.15) is 0 Å². The molecule has 12 rings (SSSR count). The molecule has 0 spiro atoms. The molecule has 8 heterocycles. The van der Waals surface area contributed by atoms with Crippen LogP contribution in [-0.4, -0.2) is 174 Å². The summed E-state index contributed by atoms with van der Waals surface area (Å²) in [7, 11) is 13.4. The minimum absolute atomic E-state index is 0.210. The molecule has 92 heavy (non-hydrogen) atoms. The van der Waals surface area contributed by atoms with Gasteiger partial charge in [0.25, 0.3) is 0 Å². The predicted molar refractivity (Wildman–Crippen MR) is 365 cm³/mol. The molecule has 8 aliphatic rings. The number of fused-ring (bicyclic) bond motifs is 12. The molecule has 0 aromatic heterocycles. The number of aliphatic hydroxyl groups is 4. The summed E-state index contributed by atoms with van der Waals surface area (Å²) in [5.41, 5.74) is 10.5. The van der Waals surface area contributed by atoms with Crippen molar-refractivity contribution in [2.45, 2.75) is 181 Å². The lowest BCUT2D eigenvalue weighted by molar-refractivity contribution is -0.0192. The fraction of sp³-hybridized carbons (Fsp3) is 0.684. The Kier molecular flexibility index (Phi) is 24.9. The van der Waals surface area contributed by atoms with E-state index in [1.165, 1.54) is 44.5 Å². The van der Waals surface area contributed by atoms with E-state index in [-0.39, 0.29) is 24.4 Å². The molecule has 0 unspecified atom stereocenters. The van der Waals surface area contributed by atoms with Gasteiger partial charge < -0.3 is 58.3 Å². The second-order valence-corrected chi connectivity index (χ2v) is 29.4. The highest BCUT2D eigenvalue weighted by Crippen LogP contribution is 2.49. The Labute approximate surface area is 552 Å². The van der Waals surface area contributed by atoms with Gasteiger partial charge in [0.15, 0.2) is 46.0 Å². The molecular weight excluding hydrogens is 1160 g/mol. The maximum absolute atomic E-state index is 10.6. The van der Waals surface area contributed by atoms with Crippen molar-refractivity contribution in [3.05, 3.63) is 93.0 Å². The number of methoxy groups -OCH3 is 8. The number of benzene rings is 4. The SMILES string of the molecule is COc1cc2c(cc1OC)[C@@H]1C[C@@H](O)[C@@H](CC(C)C)CN1CC2.COc1cc2c(cc1OC)[C@@H]1C[C@H](O)[C@@H](CC(C)C)CN1CC2.COc1cc2c(cc1OC)[C@H]1C[C@@H](O)[C@H](CC(C)C)CN1CC2.COc1cc2c(cc1OC)[C@H]1C[C@H](O)[C@H](CC(C)C)CN1CC2. The number of rotatable bonds is 16. The van der Waals surface area contributed by atoms with Crippen molar-refractivity contribution in [2.75, 3.05) is 109 Å². The van der Waals surface area contributed by atoms with Crippen molar-refractivity contribution in [1.82, 2.24) is 19.6 Å². The average Bonchev–Trinajstić information content (AvgIpc) is 0.797. The largest absolute Gasteiger partial charge is 0.493 e. The molecule has 4 fully saturated rings. The monoisotopic (exact) mass is 1280 g/mol. The Bertz CT molecular complexity index is 2630. The van der Waals surface area contributed by atoms with Crippen molar-refractivity contribution >= 4 is 0 Å². The van der Waals surface area contributed by atoms with Crippen LogP contribution >= 0.6 is 0 Å². The highest BCUT2D eigenvalue weighted by molar-refractivity contribution is 5.53. The minimum Gasteiger partial charge on any atom is -0.493 e. The van der Waals surface area contributed by atoms with Crippen LogP contribution in [0.5, 0.6) is 46.0 Å². The van der Waals surface area contributed by atoms with Gasteiger partial charge in [0.1, 0.15) is 0 Å². The molecule has 8 aliphatic heterocycles. The van der Waals surface area contributed by atoms with E-state index in [0.29, 0.717) is 71.5 Å². The van der Waals surface area contributed by atoms with E-state index < -0.39 is 0 Å². The Morgan fingerprint density at radius 2 is 0.478 bits per heavy atom. The van der Waals surface area contributed by atoms with Crippen molar-refractivity contribution < 1.29 is 58.3 Å². The van der Waals surface area contributed by atoms with E-state index in [1.54, 1.807) is 56.9 Å². The van der Waals surface area contributed by atoms with Crippen molar-refractivity contribution in [3.8, 4) is 46.0 Å². The third kappa shape index (κ3) is 16.4. The van der Waals surface area contributed by atoms with E-state index in [0.717, 1.165) is 175 Å². The van der Waals surface area contributed by atoms with Crippen LogP contribution in [0.3, 0.4) is 0 Å². The van der Waals surface area contributed by atoms with Gasteiger partial charge in [0.2, 0.25) is 0 Å². The van der Waals surface area contributed by atoms with Crippen LogP contribution in [0, 0.1) is 47.3 Å². The quantitative estimate of drug-likeness (QED) is 0.0836. The number of hydrogen-bond acceptors (Lipinski definition) is 16. The van der Waals surface area contributed by atoms with Crippen LogP contribution in [0.1, 0.15) is 175 Å². The number of aliphatic hydroxyl groups excluding tert-OH is 4. The second kappa shape index (κ2) is 32.1. The fourth-order valence-electron chi connectivity index (χ4n) is 17.0. The molecular formula is C76H116N4O12. The molecule has 0 radical (unpaired) electrons. The van der Waals surface area contributed by atoms with Gasteiger partial charge in [-0.15, -0.1) is 0 Å². The number of piperidine rings is 4. The Morgan fingerprint density at radius 3 is 0.641 bits per heavy atom. The van der Waals surface area contributed by atoms with Crippen LogP contribution in [0.15, 0.2) is 48.5 Å². The van der Waals surface area contributed by atoms with E-state index in [2.05, 4.69) is 124 Å². The van der Waals surface area contributed by atoms with Crippen molar-refractivity contribution in [1.29, 1.82) is 0 Å². The molecule has 16 nitrogen and oxygen atoms in total. The van der Waals surface area contributed by atoms with Gasteiger partial charge in [-0.05, 0) is 217 Å². The van der Waals surface area contributed by atoms with E-state index in [4.69, 9.17) is 37.9 Å². The highest BCUT2D eigenvalue weighted by Gasteiger charge is 2.43. The summed E-state index contributed by atoms with van der Waals surface area (Å²) in [6.07, 6.45) is 11.0. The van der Waals surface area contributed by atoms with Crippen LogP contribution in [0.4, 0.5) is 0 Å². The lowest BCUT2D eigenvalue weighted by Gasteiger charge is -2.46. The molecule has 0 bridgehead atoms. The van der Waals surface area contributed by atoms with Gasteiger partial charge in [-0.3, -0.25) is 19.6 Å². The molecule has 0 amide bonds.